The summed E-state index contributed by atoms with van der Waals surface area (Å²) in [4.78, 5) is 4.68. The summed E-state index contributed by atoms with van der Waals surface area (Å²) in [6.07, 6.45) is 0. The predicted octanol–water partition coefficient (Wildman–Crippen LogP) is 4.75. The third-order valence-electron chi connectivity index (χ3n) is 2.62. The van der Waals surface area contributed by atoms with Crippen molar-refractivity contribution in [1.82, 2.24) is 0 Å². The van der Waals surface area contributed by atoms with Crippen molar-refractivity contribution in [3.8, 4) is 0 Å². The smallest absolute Gasteiger partial charge is 0.161 e. The van der Waals surface area contributed by atoms with Gasteiger partial charge in [-0.2, -0.15) is 0 Å². The molecule has 0 radical (unpaired) electrons. The highest BCUT2D eigenvalue weighted by Gasteiger charge is 2.21. The first-order valence-electron chi connectivity index (χ1n) is 5.49. The van der Waals surface area contributed by atoms with E-state index in [4.69, 9.17) is 0 Å². The SMILES string of the molecule is CC(C)C1CSC(Nc2ccc(Br)cc2Br)=N1. The molecule has 1 aromatic rings. The van der Waals surface area contributed by atoms with Crippen molar-refractivity contribution in [3.63, 3.8) is 0 Å². The zero-order chi connectivity index (χ0) is 12.4. The molecule has 1 heterocycles. The second kappa shape index (κ2) is 5.76. The fraction of sp³-hybridized carbons (Fsp3) is 0.417. The number of benzene rings is 1. The van der Waals surface area contributed by atoms with Crippen LogP contribution in [0.15, 0.2) is 32.1 Å². The topological polar surface area (TPSA) is 24.4 Å². The summed E-state index contributed by atoms with van der Waals surface area (Å²) >= 11 is 8.78. The lowest BCUT2D eigenvalue weighted by atomic mass is 10.1. The van der Waals surface area contributed by atoms with Crippen LogP contribution in [0.4, 0.5) is 5.69 Å². The molecule has 0 amide bonds. The van der Waals surface area contributed by atoms with E-state index < -0.39 is 0 Å². The van der Waals surface area contributed by atoms with Crippen LogP contribution in [0.25, 0.3) is 0 Å². The molecule has 1 atom stereocenters. The molecule has 0 aliphatic carbocycles. The van der Waals surface area contributed by atoms with Gasteiger partial charge in [0, 0.05) is 14.7 Å². The Morgan fingerprint density at radius 2 is 2.18 bits per heavy atom. The molecule has 0 aromatic heterocycles. The van der Waals surface area contributed by atoms with Gasteiger partial charge in [-0.25, -0.2) is 0 Å². The summed E-state index contributed by atoms with van der Waals surface area (Å²) < 4.78 is 2.11. The molecule has 0 spiro atoms. The highest BCUT2D eigenvalue weighted by molar-refractivity contribution is 9.11. The summed E-state index contributed by atoms with van der Waals surface area (Å²) in [5.74, 6) is 1.68. The zero-order valence-electron chi connectivity index (χ0n) is 9.71. The minimum absolute atomic E-state index is 0.441. The van der Waals surface area contributed by atoms with Crippen molar-refractivity contribution < 1.29 is 0 Å². The Kier molecular flexibility index (Phi) is 4.55. The monoisotopic (exact) mass is 376 g/mol. The van der Waals surface area contributed by atoms with Gasteiger partial charge in [0.25, 0.3) is 0 Å². The van der Waals surface area contributed by atoms with Crippen molar-refractivity contribution in [1.29, 1.82) is 0 Å². The number of amidine groups is 1. The van der Waals surface area contributed by atoms with Gasteiger partial charge in [-0.3, -0.25) is 4.99 Å². The summed E-state index contributed by atoms with van der Waals surface area (Å²) in [5.41, 5.74) is 1.06. The first-order chi connectivity index (χ1) is 8.06. The van der Waals surface area contributed by atoms with Gasteiger partial charge in [-0.15, -0.1) is 0 Å². The molecule has 1 unspecified atom stereocenters. The molecule has 92 valence electrons. The molecule has 2 nitrogen and oxygen atoms in total. The zero-order valence-corrected chi connectivity index (χ0v) is 13.7. The van der Waals surface area contributed by atoms with E-state index in [1.807, 2.05) is 18.2 Å². The van der Waals surface area contributed by atoms with Gasteiger partial charge < -0.3 is 5.32 Å². The second-order valence-electron chi connectivity index (χ2n) is 4.31. The summed E-state index contributed by atoms with van der Waals surface area (Å²) in [5, 5.41) is 4.39. The van der Waals surface area contributed by atoms with E-state index in [2.05, 4.69) is 56.0 Å². The third kappa shape index (κ3) is 3.48. The van der Waals surface area contributed by atoms with Crippen LogP contribution in [-0.2, 0) is 0 Å². The maximum atomic E-state index is 4.68. The highest BCUT2D eigenvalue weighted by atomic mass is 79.9. The molecule has 1 N–H and O–H groups in total. The molecule has 0 bridgehead atoms. The number of thioether (sulfide) groups is 1. The average Bonchev–Trinajstić information content (AvgIpc) is 2.71. The Labute approximate surface area is 123 Å². The average molecular weight is 378 g/mol. The minimum atomic E-state index is 0.441. The van der Waals surface area contributed by atoms with E-state index >= 15 is 0 Å². The molecular formula is C12H14Br2N2S. The van der Waals surface area contributed by atoms with E-state index in [1.54, 1.807) is 11.8 Å². The highest BCUT2D eigenvalue weighted by Crippen LogP contribution is 2.29. The third-order valence-corrected chi connectivity index (χ3v) is 4.75. The molecule has 0 fully saturated rings. The molecule has 0 saturated carbocycles. The quantitative estimate of drug-likeness (QED) is 0.803. The Balaban J connectivity index is 2.09. The van der Waals surface area contributed by atoms with Crippen LogP contribution in [-0.4, -0.2) is 17.0 Å². The summed E-state index contributed by atoms with van der Waals surface area (Å²) in [6.45, 7) is 4.43. The number of rotatable bonds is 2. The Bertz CT molecular complexity index is 446. The van der Waals surface area contributed by atoms with E-state index in [0.717, 1.165) is 25.6 Å². The number of nitrogens with zero attached hydrogens (tertiary/aromatic N) is 1. The molecule has 1 aliphatic heterocycles. The summed E-state index contributed by atoms with van der Waals surface area (Å²) in [7, 11) is 0. The fourth-order valence-electron chi connectivity index (χ4n) is 1.51. The second-order valence-corrected chi connectivity index (χ2v) is 7.08. The van der Waals surface area contributed by atoms with Crippen molar-refractivity contribution in [2.45, 2.75) is 19.9 Å². The standard InChI is InChI=1S/C12H14Br2N2S/c1-7(2)11-6-17-12(16-11)15-10-4-3-8(13)5-9(10)14/h3-5,7,11H,6H2,1-2H3,(H,15,16). The normalized spacial score (nSPS) is 19.6. The lowest BCUT2D eigenvalue weighted by molar-refractivity contribution is 0.543. The van der Waals surface area contributed by atoms with Crippen molar-refractivity contribution >= 4 is 54.5 Å². The first kappa shape index (κ1) is 13.4. The van der Waals surface area contributed by atoms with Gasteiger partial charge in [-0.1, -0.05) is 41.5 Å². The Morgan fingerprint density at radius 1 is 1.41 bits per heavy atom. The van der Waals surface area contributed by atoms with Gasteiger partial charge in [-0.05, 0) is 40.0 Å². The van der Waals surface area contributed by atoms with Gasteiger partial charge in [0.05, 0.1) is 11.7 Å². The number of hydrogen-bond acceptors (Lipinski definition) is 3. The summed E-state index contributed by atoms with van der Waals surface area (Å²) in [6, 6.07) is 6.53. The predicted molar refractivity (Wildman–Crippen MR) is 84.0 cm³/mol. The Morgan fingerprint density at radius 3 is 2.76 bits per heavy atom. The van der Waals surface area contributed by atoms with Crippen LogP contribution >= 0.6 is 43.6 Å². The largest absolute Gasteiger partial charge is 0.334 e. The Hall–Kier alpha value is -0.0000000000000000555. The molecule has 0 saturated heterocycles. The lowest BCUT2D eigenvalue weighted by Crippen LogP contribution is -2.12. The van der Waals surface area contributed by atoms with Crippen LogP contribution in [0, 0.1) is 5.92 Å². The maximum absolute atomic E-state index is 4.68. The van der Waals surface area contributed by atoms with E-state index in [0.29, 0.717) is 12.0 Å². The van der Waals surface area contributed by atoms with E-state index in [1.165, 1.54) is 0 Å². The fourth-order valence-corrected chi connectivity index (χ4v) is 3.83. The van der Waals surface area contributed by atoms with E-state index in [-0.39, 0.29) is 0 Å². The van der Waals surface area contributed by atoms with Crippen molar-refractivity contribution in [2.24, 2.45) is 10.9 Å². The van der Waals surface area contributed by atoms with Gasteiger partial charge >= 0.3 is 0 Å². The van der Waals surface area contributed by atoms with Crippen LogP contribution in [0.2, 0.25) is 0 Å². The number of anilines is 1. The van der Waals surface area contributed by atoms with Gasteiger partial charge in [0.1, 0.15) is 0 Å². The van der Waals surface area contributed by atoms with Crippen LogP contribution in [0.1, 0.15) is 13.8 Å². The minimum Gasteiger partial charge on any atom is -0.334 e. The first-order valence-corrected chi connectivity index (χ1v) is 8.06. The number of aliphatic imine (C=N–C) groups is 1. The molecule has 17 heavy (non-hydrogen) atoms. The van der Waals surface area contributed by atoms with Crippen LogP contribution in [0.5, 0.6) is 0 Å². The number of hydrogen-bond donors (Lipinski definition) is 1. The molecular weight excluding hydrogens is 364 g/mol. The van der Waals surface area contributed by atoms with Gasteiger partial charge in [0.2, 0.25) is 0 Å². The molecule has 1 aliphatic rings. The van der Waals surface area contributed by atoms with Gasteiger partial charge in [0.15, 0.2) is 5.17 Å². The van der Waals surface area contributed by atoms with Crippen LogP contribution in [0.3, 0.4) is 0 Å². The molecule has 5 heteroatoms. The molecule has 2 rings (SSSR count). The van der Waals surface area contributed by atoms with E-state index in [9.17, 15) is 0 Å². The molecule has 1 aromatic carbocycles. The van der Waals surface area contributed by atoms with Crippen molar-refractivity contribution in [3.05, 3.63) is 27.1 Å². The maximum Gasteiger partial charge on any atom is 0.161 e. The van der Waals surface area contributed by atoms with Crippen LogP contribution < -0.4 is 5.32 Å². The van der Waals surface area contributed by atoms with Crippen molar-refractivity contribution in [2.75, 3.05) is 11.1 Å². The number of nitrogens with one attached hydrogen (secondary N) is 1. The number of halogens is 2. The lowest BCUT2D eigenvalue weighted by Gasteiger charge is -2.08.